The molecule has 0 radical (unpaired) electrons. The van der Waals surface area contributed by atoms with Gasteiger partial charge in [-0.2, -0.15) is 0 Å². The lowest BCUT2D eigenvalue weighted by Crippen LogP contribution is -2.47. The molecule has 2 atom stereocenters. The lowest BCUT2D eigenvalue weighted by molar-refractivity contribution is -0.143. The van der Waals surface area contributed by atoms with Crippen molar-refractivity contribution in [2.24, 2.45) is 0 Å². The summed E-state index contributed by atoms with van der Waals surface area (Å²) in [4.78, 5) is 38.2. The van der Waals surface area contributed by atoms with Crippen LogP contribution < -0.4 is 0 Å². The fourth-order valence-corrected chi connectivity index (χ4v) is 3.17. The first kappa shape index (κ1) is 17.8. The number of carbonyl (C=O) groups is 3. The molecule has 2 aromatic rings. The minimum absolute atomic E-state index is 0.145. The second-order valence-corrected chi connectivity index (χ2v) is 5.96. The molecule has 2 amide bonds. The summed E-state index contributed by atoms with van der Waals surface area (Å²) in [5.74, 6) is -1.32. The molecule has 1 heterocycles. The van der Waals surface area contributed by atoms with Crippen LogP contribution in [0.4, 0.5) is 0 Å². The Morgan fingerprint density at radius 2 is 1.50 bits per heavy atom. The first-order valence-electron chi connectivity index (χ1n) is 8.22. The van der Waals surface area contributed by atoms with Crippen molar-refractivity contribution in [2.45, 2.75) is 19.1 Å². The lowest BCUT2D eigenvalue weighted by atomic mass is 10.0. The second-order valence-electron chi connectivity index (χ2n) is 5.96. The van der Waals surface area contributed by atoms with Crippen molar-refractivity contribution in [1.29, 1.82) is 0 Å². The fourth-order valence-electron chi connectivity index (χ4n) is 3.17. The predicted octanol–water partition coefficient (Wildman–Crippen LogP) is 2.60. The number of imide groups is 1. The zero-order chi connectivity index (χ0) is 18.7. The van der Waals surface area contributed by atoms with Crippen molar-refractivity contribution in [3.8, 4) is 0 Å². The summed E-state index contributed by atoms with van der Waals surface area (Å²) in [6, 6.07) is 15.1. The minimum atomic E-state index is -0.779. The first-order chi connectivity index (χ1) is 12.5. The van der Waals surface area contributed by atoms with Crippen LogP contribution in [0.3, 0.4) is 0 Å². The van der Waals surface area contributed by atoms with Crippen LogP contribution in [0.5, 0.6) is 0 Å². The van der Waals surface area contributed by atoms with Crippen molar-refractivity contribution in [3.63, 3.8) is 0 Å². The van der Waals surface area contributed by atoms with E-state index in [-0.39, 0.29) is 6.61 Å². The van der Waals surface area contributed by atoms with Gasteiger partial charge in [-0.05, 0) is 17.7 Å². The predicted molar refractivity (Wildman–Crippen MR) is 93.6 cm³/mol. The van der Waals surface area contributed by atoms with Gasteiger partial charge < -0.3 is 9.47 Å². The third-order valence-corrected chi connectivity index (χ3v) is 4.35. The number of methoxy groups -OCH3 is 1. The molecule has 2 aromatic carbocycles. The normalized spacial score (nSPS) is 15.5. The molecule has 1 aliphatic heterocycles. The number of ether oxygens (including phenoxy) is 2. The summed E-state index contributed by atoms with van der Waals surface area (Å²) < 4.78 is 10.8. The Kier molecular flexibility index (Phi) is 5.14. The molecule has 0 unspecified atom stereocenters. The number of fused-ring (bicyclic) bond motifs is 1. The molecule has 0 saturated heterocycles. The highest BCUT2D eigenvalue weighted by Crippen LogP contribution is 2.31. The first-order valence-corrected chi connectivity index (χ1v) is 8.22. The minimum Gasteiger partial charge on any atom is -0.464 e. The van der Waals surface area contributed by atoms with Crippen molar-refractivity contribution >= 4 is 17.8 Å². The number of esters is 1. The molecule has 0 N–H and O–H groups in total. The highest BCUT2D eigenvalue weighted by Gasteiger charge is 2.43. The smallest absolute Gasteiger partial charge is 0.302 e. The Bertz CT molecular complexity index is 798. The second kappa shape index (κ2) is 7.49. The number of hydrogen-bond donors (Lipinski definition) is 0. The van der Waals surface area contributed by atoms with E-state index in [1.165, 1.54) is 14.0 Å². The van der Waals surface area contributed by atoms with Gasteiger partial charge in [-0.25, -0.2) is 0 Å². The Labute approximate surface area is 151 Å². The van der Waals surface area contributed by atoms with Gasteiger partial charge >= 0.3 is 5.97 Å². The quantitative estimate of drug-likeness (QED) is 0.590. The Balaban J connectivity index is 2.00. The molecule has 0 spiro atoms. The number of benzene rings is 2. The summed E-state index contributed by atoms with van der Waals surface area (Å²) >= 11 is 0. The number of hydrogen-bond acceptors (Lipinski definition) is 5. The fraction of sp³-hybridized carbons (Fsp3) is 0.250. The van der Waals surface area contributed by atoms with E-state index in [0.717, 1.165) is 10.5 Å². The van der Waals surface area contributed by atoms with Crippen LogP contribution >= 0.6 is 0 Å². The van der Waals surface area contributed by atoms with Crippen LogP contribution in [0.2, 0.25) is 0 Å². The highest BCUT2D eigenvalue weighted by atomic mass is 16.5. The van der Waals surface area contributed by atoms with Crippen molar-refractivity contribution in [1.82, 2.24) is 4.90 Å². The van der Waals surface area contributed by atoms with Crippen LogP contribution in [-0.2, 0) is 14.3 Å². The number of carbonyl (C=O) groups excluding carboxylic acids is 3. The van der Waals surface area contributed by atoms with Crippen LogP contribution in [0, 0.1) is 0 Å². The summed E-state index contributed by atoms with van der Waals surface area (Å²) in [5.41, 5.74) is 1.46. The van der Waals surface area contributed by atoms with Gasteiger partial charge in [0.25, 0.3) is 11.8 Å². The van der Waals surface area contributed by atoms with E-state index in [0.29, 0.717) is 11.1 Å². The molecule has 6 nitrogen and oxygen atoms in total. The third kappa shape index (κ3) is 3.23. The molecule has 0 aromatic heterocycles. The van der Waals surface area contributed by atoms with Gasteiger partial charge in [-0.15, -0.1) is 0 Å². The van der Waals surface area contributed by atoms with E-state index in [1.807, 2.05) is 30.3 Å². The van der Waals surface area contributed by atoms with Gasteiger partial charge in [0.15, 0.2) is 0 Å². The Hall–Kier alpha value is -2.99. The van der Waals surface area contributed by atoms with E-state index >= 15 is 0 Å². The molecule has 0 aliphatic carbocycles. The number of nitrogens with zero attached hydrogens (tertiary/aromatic N) is 1. The van der Waals surface area contributed by atoms with Crippen LogP contribution in [-0.4, -0.2) is 42.4 Å². The topological polar surface area (TPSA) is 72.9 Å². The number of amides is 2. The Morgan fingerprint density at radius 3 is 2.00 bits per heavy atom. The summed E-state index contributed by atoms with van der Waals surface area (Å²) in [6.07, 6.45) is -0.627. The standard InChI is InChI=1S/C20H19NO5/c1-13(22)26-12-17(18(25-2)14-8-4-3-5-9-14)21-19(23)15-10-6-7-11-16(15)20(21)24/h3-11,17-18H,12H2,1-2H3/t17-,18-/m0/s1. The zero-order valence-electron chi connectivity index (χ0n) is 14.5. The summed E-state index contributed by atoms with van der Waals surface area (Å²) in [7, 11) is 1.50. The molecule has 26 heavy (non-hydrogen) atoms. The molecule has 1 aliphatic rings. The molecular weight excluding hydrogens is 334 g/mol. The molecule has 6 heteroatoms. The number of rotatable bonds is 6. The van der Waals surface area contributed by atoms with E-state index in [2.05, 4.69) is 0 Å². The summed E-state index contributed by atoms with van der Waals surface area (Å²) in [5, 5.41) is 0. The monoisotopic (exact) mass is 353 g/mol. The van der Waals surface area contributed by atoms with E-state index in [9.17, 15) is 14.4 Å². The maximum absolute atomic E-state index is 12.9. The summed E-state index contributed by atoms with van der Waals surface area (Å²) in [6.45, 7) is 1.14. The molecule has 0 bridgehead atoms. The van der Waals surface area contributed by atoms with Gasteiger partial charge in [0.05, 0.1) is 11.1 Å². The zero-order valence-corrected chi connectivity index (χ0v) is 14.5. The largest absolute Gasteiger partial charge is 0.464 e. The molecule has 0 saturated carbocycles. The van der Waals surface area contributed by atoms with Crippen LogP contribution in [0.1, 0.15) is 39.3 Å². The van der Waals surface area contributed by atoms with Gasteiger partial charge in [-0.1, -0.05) is 42.5 Å². The average Bonchev–Trinajstić information content (AvgIpc) is 2.90. The van der Waals surface area contributed by atoms with Gasteiger partial charge in [-0.3, -0.25) is 19.3 Å². The maximum Gasteiger partial charge on any atom is 0.302 e. The van der Waals surface area contributed by atoms with Crippen molar-refractivity contribution < 1.29 is 23.9 Å². The third-order valence-electron chi connectivity index (χ3n) is 4.35. The van der Waals surface area contributed by atoms with Crippen molar-refractivity contribution in [2.75, 3.05) is 13.7 Å². The van der Waals surface area contributed by atoms with Crippen LogP contribution in [0.15, 0.2) is 54.6 Å². The molecule has 0 fully saturated rings. The highest BCUT2D eigenvalue weighted by molar-refractivity contribution is 6.21. The van der Waals surface area contributed by atoms with Crippen LogP contribution in [0.25, 0.3) is 0 Å². The molecular formula is C20H19NO5. The lowest BCUT2D eigenvalue weighted by Gasteiger charge is -2.32. The molecule has 3 rings (SSSR count). The van der Waals surface area contributed by atoms with E-state index in [1.54, 1.807) is 24.3 Å². The molecule has 134 valence electrons. The average molecular weight is 353 g/mol. The van der Waals surface area contributed by atoms with Gasteiger partial charge in [0.1, 0.15) is 18.8 Å². The van der Waals surface area contributed by atoms with E-state index < -0.39 is 29.9 Å². The SMILES string of the molecule is CO[C@@H](c1ccccc1)[C@H](COC(C)=O)N1C(=O)c2ccccc2C1=O. The van der Waals surface area contributed by atoms with Crippen molar-refractivity contribution in [3.05, 3.63) is 71.3 Å². The van der Waals surface area contributed by atoms with Gasteiger partial charge in [0.2, 0.25) is 0 Å². The van der Waals surface area contributed by atoms with Gasteiger partial charge in [0, 0.05) is 14.0 Å². The maximum atomic E-state index is 12.9. The Morgan fingerprint density at radius 1 is 0.962 bits per heavy atom. The van der Waals surface area contributed by atoms with E-state index in [4.69, 9.17) is 9.47 Å².